The number of nitriles is 1. The average Bonchev–Trinajstić information content (AvgIpc) is 2.59. The Morgan fingerprint density at radius 3 is 2.40 bits per heavy atom. The second-order valence-corrected chi connectivity index (χ2v) is 7.01. The number of hydrogen-bond donors (Lipinski definition) is 0. The number of halogens is 1. The molecular weight excluding hydrogens is 425 g/mol. The molecule has 0 aliphatic heterocycles. The first-order chi connectivity index (χ1) is 12.0. The van der Waals surface area contributed by atoms with Gasteiger partial charge in [0, 0.05) is 22.3 Å². The van der Waals surface area contributed by atoms with E-state index < -0.39 is 0 Å². The van der Waals surface area contributed by atoms with Gasteiger partial charge in [-0.1, -0.05) is 12.1 Å². The van der Waals surface area contributed by atoms with Crippen LogP contribution in [0, 0.1) is 28.7 Å². The first kappa shape index (κ1) is 17.4. The Kier molecular flexibility index (Phi) is 5.29. The predicted octanol–water partition coefficient (Wildman–Crippen LogP) is 4.95. The van der Waals surface area contributed by atoms with Crippen molar-refractivity contribution in [2.45, 2.75) is 20.3 Å². The van der Waals surface area contributed by atoms with E-state index in [0.717, 1.165) is 22.4 Å². The number of ether oxygens (including phenoxy) is 1. The molecule has 0 aliphatic rings. The summed E-state index contributed by atoms with van der Waals surface area (Å²) in [6, 6.07) is 15.5. The molecule has 0 saturated carbocycles. The molecule has 5 heteroatoms. The summed E-state index contributed by atoms with van der Waals surface area (Å²) in [7, 11) is 0. The number of nitrogens with zero attached hydrogens (tertiary/aromatic N) is 3. The number of hydrogen-bond acceptors (Lipinski definition) is 4. The summed E-state index contributed by atoms with van der Waals surface area (Å²) in [4.78, 5) is 8.83. The van der Waals surface area contributed by atoms with Gasteiger partial charge in [-0.25, -0.2) is 4.98 Å². The maximum absolute atomic E-state index is 8.86. The summed E-state index contributed by atoms with van der Waals surface area (Å²) >= 11 is 2.30. The minimum atomic E-state index is 0.533. The van der Waals surface area contributed by atoms with Gasteiger partial charge >= 0.3 is 0 Å². The topological polar surface area (TPSA) is 58.8 Å². The molecule has 4 nitrogen and oxygen atoms in total. The van der Waals surface area contributed by atoms with Gasteiger partial charge in [0.1, 0.15) is 11.6 Å². The van der Waals surface area contributed by atoms with Gasteiger partial charge in [0.2, 0.25) is 5.88 Å². The molecule has 0 radical (unpaired) electrons. The molecule has 3 rings (SSSR count). The largest absolute Gasteiger partial charge is 0.438 e. The SMILES string of the molecule is Cc1cc(I)cc(C)c1Oc1ccnc(Cc2ccc(C#N)cc2)n1. The zero-order valence-corrected chi connectivity index (χ0v) is 16.1. The zero-order chi connectivity index (χ0) is 17.8. The van der Waals surface area contributed by atoms with Gasteiger partial charge in [-0.15, -0.1) is 0 Å². The molecule has 0 amide bonds. The van der Waals surface area contributed by atoms with Gasteiger partial charge in [-0.2, -0.15) is 10.2 Å². The van der Waals surface area contributed by atoms with Gasteiger partial charge in [-0.05, 0) is 77.4 Å². The summed E-state index contributed by atoms with van der Waals surface area (Å²) in [5.74, 6) is 2.05. The van der Waals surface area contributed by atoms with Crippen LogP contribution in [-0.2, 0) is 6.42 Å². The molecule has 0 aliphatic carbocycles. The molecule has 0 bridgehead atoms. The van der Waals surface area contributed by atoms with Crippen molar-refractivity contribution in [3.05, 3.63) is 80.3 Å². The lowest BCUT2D eigenvalue weighted by molar-refractivity contribution is 0.452. The molecule has 1 aromatic heterocycles. The Balaban J connectivity index is 1.81. The van der Waals surface area contributed by atoms with E-state index in [9.17, 15) is 0 Å². The van der Waals surface area contributed by atoms with Gasteiger partial charge in [-0.3, -0.25) is 0 Å². The highest BCUT2D eigenvalue weighted by Gasteiger charge is 2.09. The van der Waals surface area contributed by atoms with Crippen LogP contribution in [0.3, 0.4) is 0 Å². The van der Waals surface area contributed by atoms with Gasteiger partial charge in [0.15, 0.2) is 0 Å². The van der Waals surface area contributed by atoms with Crippen molar-refractivity contribution in [1.29, 1.82) is 5.26 Å². The third-order valence-electron chi connectivity index (χ3n) is 3.76. The Hall–Kier alpha value is -2.46. The lowest BCUT2D eigenvalue weighted by Crippen LogP contribution is -2.00. The number of aromatic nitrogens is 2. The summed E-state index contributed by atoms with van der Waals surface area (Å²) in [5, 5.41) is 8.86. The van der Waals surface area contributed by atoms with Crippen LogP contribution in [0.1, 0.15) is 28.1 Å². The molecule has 0 N–H and O–H groups in total. The van der Waals surface area contributed by atoms with E-state index in [1.54, 1.807) is 24.4 Å². The fraction of sp³-hybridized carbons (Fsp3) is 0.150. The average molecular weight is 441 g/mol. The highest BCUT2D eigenvalue weighted by Crippen LogP contribution is 2.29. The quantitative estimate of drug-likeness (QED) is 0.538. The standard InChI is InChI=1S/C20H16IN3O/c1-13-9-17(21)10-14(2)20(13)25-19-7-8-23-18(24-19)11-15-3-5-16(12-22)6-4-15/h3-10H,11H2,1-2H3. The molecule has 1 heterocycles. The van der Waals surface area contributed by atoms with Crippen LogP contribution in [0.2, 0.25) is 0 Å². The Bertz CT molecular complexity index is 923. The van der Waals surface area contributed by atoms with Crippen LogP contribution in [0.4, 0.5) is 0 Å². The summed E-state index contributed by atoms with van der Waals surface area (Å²) in [6.45, 7) is 4.06. The third kappa shape index (κ3) is 4.34. The van der Waals surface area contributed by atoms with Crippen molar-refractivity contribution in [3.63, 3.8) is 0 Å². The smallest absolute Gasteiger partial charge is 0.222 e. The van der Waals surface area contributed by atoms with Crippen LogP contribution < -0.4 is 4.74 Å². The number of aryl methyl sites for hydroxylation is 2. The van der Waals surface area contributed by atoms with E-state index >= 15 is 0 Å². The van der Waals surface area contributed by atoms with Gasteiger partial charge < -0.3 is 4.74 Å². The van der Waals surface area contributed by atoms with Gasteiger partial charge in [0.05, 0.1) is 11.6 Å². The Morgan fingerprint density at radius 2 is 1.76 bits per heavy atom. The monoisotopic (exact) mass is 441 g/mol. The van der Waals surface area contributed by atoms with E-state index in [-0.39, 0.29) is 0 Å². The van der Waals surface area contributed by atoms with E-state index in [1.807, 2.05) is 26.0 Å². The molecule has 25 heavy (non-hydrogen) atoms. The molecule has 0 fully saturated rings. The van der Waals surface area contributed by atoms with E-state index in [1.165, 1.54) is 3.57 Å². The predicted molar refractivity (Wildman–Crippen MR) is 105 cm³/mol. The molecule has 3 aromatic rings. The van der Waals surface area contributed by atoms with Crippen LogP contribution in [-0.4, -0.2) is 9.97 Å². The fourth-order valence-corrected chi connectivity index (χ4v) is 3.50. The summed E-state index contributed by atoms with van der Waals surface area (Å²) in [5.41, 5.74) is 3.86. The maximum Gasteiger partial charge on any atom is 0.222 e. The van der Waals surface area contributed by atoms with Crippen molar-refractivity contribution in [3.8, 4) is 17.7 Å². The van der Waals surface area contributed by atoms with Crippen molar-refractivity contribution in [2.75, 3.05) is 0 Å². The first-order valence-corrected chi connectivity index (χ1v) is 8.88. The Morgan fingerprint density at radius 1 is 1.08 bits per heavy atom. The number of rotatable bonds is 4. The van der Waals surface area contributed by atoms with Crippen molar-refractivity contribution >= 4 is 22.6 Å². The second-order valence-electron chi connectivity index (χ2n) is 5.77. The summed E-state index contributed by atoms with van der Waals surface area (Å²) in [6.07, 6.45) is 2.30. The highest BCUT2D eigenvalue weighted by atomic mass is 127. The molecule has 0 unspecified atom stereocenters. The van der Waals surface area contributed by atoms with Crippen molar-refractivity contribution in [1.82, 2.24) is 9.97 Å². The second kappa shape index (κ2) is 7.62. The molecule has 0 atom stereocenters. The minimum absolute atomic E-state index is 0.533. The lowest BCUT2D eigenvalue weighted by atomic mass is 10.1. The van der Waals surface area contributed by atoms with E-state index in [2.05, 4.69) is 50.8 Å². The first-order valence-electron chi connectivity index (χ1n) is 7.81. The molecule has 2 aromatic carbocycles. The normalized spacial score (nSPS) is 10.3. The molecule has 0 saturated heterocycles. The minimum Gasteiger partial charge on any atom is -0.438 e. The highest BCUT2D eigenvalue weighted by molar-refractivity contribution is 14.1. The number of benzene rings is 2. The maximum atomic E-state index is 8.86. The van der Waals surface area contributed by atoms with Crippen molar-refractivity contribution < 1.29 is 4.74 Å². The zero-order valence-electron chi connectivity index (χ0n) is 14.0. The molecule has 124 valence electrons. The molecular formula is C20H16IN3O. The summed E-state index contributed by atoms with van der Waals surface area (Å²) < 4.78 is 7.20. The third-order valence-corrected chi connectivity index (χ3v) is 4.38. The van der Waals surface area contributed by atoms with E-state index in [0.29, 0.717) is 23.7 Å². The van der Waals surface area contributed by atoms with Crippen molar-refractivity contribution in [2.24, 2.45) is 0 Å². The van der Waals surface area contributed by atoms with Crippen LogP contribution in [0.15, 0.2) is 48.7 Å². The molecule has 0 spiro atoms. The van der Waals surface area contributed by atoms with Crippen LogP contribution in [0.25, 0.3) is 0 Å². The lowest BCUT2D eigenvalue weighted by Gasteiger charge is -2.12. The Labute approximate surface area is 160 Å². The van der Waals surface area contributed by atoms with Gasteiger partial charge in [0.25, 0.3) is 0 Å². The fourth-order valence-electron chi connectivity index (χ4n) is 2.57. The van der Waals surface area contributed by atoms with E-state index in [4.69, 9.17) is 10.00 Å². The van der Waals surface area contributed by atoms with Crippen LogP contribution >= 0.6 is 22.6 Å². The van der Waals surface area contributed by atoms with Crippen LogP contribution in [0.5, 0.6) is 11.6 Å².